The van der Waals surface area contributed by atoms with E-state index in [0.29, 0.717) is 24.6 Å². The van der Waals surface area contributed by atoms with Crippen LogP contribution in [0.2, 0.25) is 0 Å². The molecule has 0 aromatic heterocycles. The number of hydrogen-bond donors (Lipinski definition) is 2. The Hall–Kier alpha value is -1.36. The third-order valence-corrected chi connectivity index (χ3v) is 3.46. The number of hydrogen-bond acceptors (Lipinski definition) is 4. The topological polar surface area (TPSA) is 64.3 Å². The minimum atomic E-state index is 0.0381. The molecule has 0 aliphatic carbocycles. The molecule has 0 aliphatic rings. The Bertz CT molecular complexity index is 416. The van der Waals surface area contributed by atoms with Crippen LogP contribution in [0, 0.1) is 0 Å². The fourth-order valence-corrected chi connectivity index (χ4v) is 1.96. The molecule has 0 fully saturated rings. The van der Waals surface area contributed by atoms with Crippen LogP contribution in [0.5, 0.6) is 5.75 Å². The number of nitrogen functional groups attached to an aromatic ring is 1. The van der Waals surface area contributed by atoms with E-state index in [0.717, 1.165) is 5.75 Å². The molecule has 19 heavy (non-hydrogen) atoms. The minimum absolute atomic E-state index is 0.0381. The van der Waals surface area contributed by atoms with E-state index in [2.05, 4.69) is 26.1 Å². The summed E-state index contributed by atoms with van der Waals surface area (Å²) in [5, 5.41) is 2.82. The third-order valence-electron chi connectivity index (χ3n) is 2.19. The van der Waals surface area contributed by atoms with Crippen molar-refractivity contribution >= 4 is 23.4 Å². The van der Waals surface area contributed by atoms with Gasteiger partial charge in [0.15, 0.2) is 0 Å². The number of carbonyl (C=O) groups excluding carboxylic acids is 1. The zero-order valence-electron chi connectivity index (χ0n) is 11.7. The molecule has 5 heteroatoms. The van der Waals surface area contributed by atoms with Crippen LogP contribution in [0.15, 0.2) is 24.3 Å². The van der Waals surface area contributed by atoms with E-state index in [4.69, 9.17) is 10.5 Å². The SMILES string of the molecule is CC(C)(C)SCC(=O)NCCOc1cccc(N)c1. The van der Waals surface area contributed by atoms with E-state index in [1.165, 1.54) is 0 Å². The fraction of sp³-hybridized carbons (Fsp3) is 0.500. The molecule has 0 radical (unpaired) electrons. The first-order valence-corrected chi connectivity index (χ1v) is 7.24. The van der Waals surface area contributed by atoms with Crippen LogP contribution in [0.25, 0.3) is 0 Å². The van der Waals surface area contributed by atoms with Crippen LogP contribution in [-0.4, -0.2) is 29.6 Å². The first-order chi connectivity index (χ1) is 8.87. The summed E-state index contributed by atoms with van der Waals surface area (Å²) in [4.78, 5) is 11.5. The molecular weight excluding hydrogens is 260 g/mol. The number of anilines is 1. The number of nitrogens with two attached hydrogens (primary N) is 1. The van der Waals surface area contributed by atoms with E-state index < -0.39 is 0 Å². The molecule has 0 bridgehead atoms. The Morgan fingerprint density at radius 1 is 1.42 bits per heavy atom. The highest BCUT2D eigenvalue weighted by molar-refractivity contribution is 8.01. The van der Waals surface area contributed by atoms with Gasteiger partial charge < -0.3 is 15.8 Å². The zero-order valence-corrected chi connectivity index (χ0v) is 12.5. The van der Waals surface area contributed by atoms with E-state index in [-0.39, 0.29) is 10.7 Å². The first-order valence-electron chi connectivity index (χ1n) is 6.26. The van der Waals surface area contributed by atoms with E-state index in [1.807, 2.05) is 12.1 Å². The Labute approximate surface area is 119 Å². The van der Waals surface area contributed by atoms with E-state index in [9.17, 15) is 4.79 Å². The van der Waals surface area contributed by atoms with Gasteiger partial charge in [-0.05, 0) is 12.1 Å². The van der Waals surface area contributed by atoms with Crippen LogP contribution in [-0.2, 0) is 4.79 Å². The third kappa shape index (κ3) is 7.62. The van der Waals surface area contributed by atoms with Crippen molar-refractivity contribution in [3.63, 3.8) is 0 Å². The lowest BCUT2D eigenvalue weighted by molar-refractivity contribution is -0.118. The largest absolute Gasteiger partial charge is 0.492 e. The summed E-state index contributed by atoms with van der Waals surface area (Å²) < 4.78 is 5.59. The number of ether oxygens (including phenoxy) is 1. The van der Waals surface area contributed by atoms with Gasteiger partial charge in [-0.1, -0.05) is 26.8 Å². The van der Waals surface area contributed by atoms with Gasteiger partial charge in [0.2, 0.25) is 5.91 Å². The van der Waals surface area contributed by atoms with Crippen molar-refractivity contribution in [2.45, 2.75) is 25.5 Å². The highest BCUT2D eigenvalue weighted by Gasteiger charge is 2.12. The molecule has 1 amide bonds. The molecule has 0 aliphatic heterocycles. The standard InChI is InChI=1S/C14H22N2O2S/c1-14(2,3)19-10-13(17)16-7-8-18-12-6-4-5-11(15)9-12/h4-6,9H,7-8,10,15H2,1-3H3,(H,16,17). The Balaban J connectivity index is 2.15. The van der Waals surface area contributed by atoms with Gasteiger partial charge >= 0.3 is 0 Å². The lowest BCUT2D eigenvalue weighted by Gasteiger charge is -2.17. The summed E-state index contributed by atoms with van der Waals surface area (Å²) in [5.74, 6) is 1.23. The zero-order chi connectivity index (χ0) is 14.3. The molecule has 4 nitrogen and oxygen atoms in total. The smallest absolute Gasteiger partial charge is 0.230 e. The predicted octanol–water partition coefficient (Wildman–Crippen LogP) is 2.30. The van der Waals surface area contributed by atoms with E-state index in [1.54, 1.807) is 23.9 Å². The van der Waals surface area contributed by atoms with Crippen molar-refractivity contribution in [3.8, 4) is 5.75 Å². The van der Waals surface area contributed by atoms with Gasteiger partial charge in [0, 0.05) is 16.5 Å². The normalized spacial score (nSPS) is 11.1. The number of rotatable bonds is 6. The number of nitrogens with one attached hydrogen (secondary N) is 1. The van der Waals surface area contributed by atoms with Crippen molar-refractivity contribution in [2.24, 2.45) is 0 Å². The second-order valence-electron chi connectivity index (χ2n) is 5.17. The van der Waals surface area contributed by atoms with Crippen LogP contribution >= 0.6 is 11.8 Å². The van der Waals surface area contributed by atoms with Crippen LogP contribution in [0.4, 0.5) is 5.69 Å². The molecule has 106 valence electrons. The van der Waals surface area contributed by atoms with Gasteiger partial charge in [0.05, 0.1) is 12.3 Å². The molecule has 1 aromatic rings. The molecular formula is C14H22N2O2S. The maximum absolute atomic E-state index is 11.5. The average molecular weight is 282 g/mol. The van der Waals surface area contributed by atoms with Gasteiger partial charge in [-0.25, -0.2) is 0 Å². The van der Waals surface area contributed by atoms with Crippen molar-refractivity contribution in [2.75, 3.05) is 24.6 Å². The minimum Gasteiger partial charge on any atom is -0.492 e. The molecule has 3 N–H and O–H groups in total. The predicted molar refractivity (Wildman–Crippen MR) is 81.6 cm³/mol. The fourth-order valence-electron chi connectivity index (χ4n) is 1.30. The van der Waals surface area contributed by atoms with Gasteiger partial charge in [-0.3, -0.25) is 4.79 Å². The highest BCUT2D eigenvalue weighted by atomic mass is 32.2. The van der Waals surface area contributed by atoms with Crippen LogP contribution in [0.3, 0.4) is 0 Å². The number of amides is 1. The second kappa shape index (κ2) is 7.28. The summed E-state index contributed by atoms with van der Waals surface area (Å²) in [6.07, 6.45) is 0. The summed E-state index contributed by atoms with van der Waals surface area (Å²) in [7, 11) is 0. The highest BCUT2D eigenvalue weighted by Crippen LogP contribution is 2.22. The monoisotopic (exact) mass is 282 g/mol. The second-order valence-corrected chi connectivity index (χ2v) is 6.97. The molecule has 0 unspecified atom stereocenters. The summed E-state index contributed by atoms with van der Waals surface area (Å²) >= 11 is 1.63. The Morgan fingerprint density at radius 3 is 2.79 bits per heavy atom. The van der Waals surface area contributed by atoms with Gasteiger partial charge in [0.25, 0.3) is 0 Å². The molecule has 0 saturated carbocycles. The summed E-state index contributed by atoms with van der Waals surface area (Å²) in [5.41, 5.74) is 6.31. The van der Waals surface area contributed by atoms with Gasteiger partial charge in [-0.15, -0.1) is 11.8 Å². The molecule has 0 spiro atoms. The van der Waals surface area contributed by atoms with E-state index >= 15 is 0 Å². The maximum Gasteiger partial charge on any atom is 0.230 e. The Kier molecular flexibility index (Phi) is 6.02. The Morgan fingerprint density at radius 2 is 2.16 bits per heavy atom. The lowest BCUT2D eigenvalue weighted by atomic mass is 10.3. The number of carbonyl (C=O) groups is 1. The summed E-state index contributed by atoms with van der Waals surface area (Å²) in [6.45, 7) is 7.21. The number of thioether (sulfide) groups is 1. The van der Waals surface area contributed by atoms with Crippen molar-refractivity contribution in [1.82, 2.24) is 5.32 Å². The average Bonchev–Trinajstić information content (AvgIpc) is 2.31. The molecule has 0 saturated heterocycles. The van der Waals surface area contributed by atoms with Crippen molar-refractivity contribution in [3.05, 3.63) is 24.3 Å². The first kappa shape index (κ1) is 15.7. The molecule has 0 atom stereocenters. The van der Waals surface area contributed by atoms with Crippen molar-refractivity contribution < 1.29 is 9.53 Å². The van der Waals surface area contributed by atoms with Crippen molar-refractivity contribution in [1.29, 1.82) is 0 Å². The summed E-state index contributed by atoms with van der Waals surface area (Å²) in [6, 6.07) is 7.24. The quantitative estimate of drug-likeness (QED) is 0.621. The molecule has 1 aromatic carbocycles. The lowest BCUT2D eigenvalue weighted by Crippen LogP contribution is -2.30. The maximum atomic E-state index is 11.5. The van der Waals surface area contributed by atoms with Crippen LogP contribution in [0.1, 0.15) is 20.8 Å². The van der Waals surface area contributed by atoms with Gasteiger partial charge in [0.1, 0.15) is 12.4 Å². The van der Waals surface area contributed by atoms with Crippen LogP contribution < -0.4 is 15.8 Å². The number of benzene rings is 1. The van der Waals surface area contributed by atoms with Gasteiger partial charge in [-0.2, -0.15) is 0 Å². The molecule has 0 heterocycles. The molecule has 1 rings (SSSR count).